The van der Waals surface area contributed by atoms with Crippen molar-refractivity contribution in [1.82, 2.24) is 10.2 Å². The molecule has 1 fully saturated rings. The van der Waals surface area contributed by atoms with Crippen LogP contribution in [0.25, 0.3) is 0 Å². The molecule has 0 spiro atoms. The van der Waals surface area contributed by atoms with E-state index in [1.165, 1.54) is 29.2 Å². The summed E-state index contributed by atoms with van der Waals surface area (Å²) in [6.45, 7) is 5.45. The van der Waals surface area contributed by atoms with Crippen LogP contribution in [0.3, 0.4) is 0 Å². The van der Waals surface area contributed by atoms with E-state index in [-0.39, 0.29) is 29.3 Å². The minimum absolute atomic E-state index is 0.0290. The second-order valence-corrected chi connectivity index (χ2v) is 13.3. The van der Waals surface area contributed by atoms with Crippen LogP contribution in [0.5, 0.6) is 0 Å². The summed E-state index contributed by atoms with van der Waals surface area (Å²) in [5.74, 6) is -0.950. The third-order valence-corrected chi connectivity index (χ3v) is 9.85. The molecule has 4 rings (SSSR count). The van der Waals surface area contributed by atoms with Gasteiger partial charge in [0.15, 0.2) is 0 Å². The van der Waals surface area contributed by atoms with Gasteiger partial charge in [-0.05, 0) is 72.7 Å². The molecule has 0 bridgehead atoms. The summed E-state index contributed by atoms with van der Waals surface area (Å²) in [5.41, 5.74) is 2.02. The van der Waals surface area contributed by atoms with Gasteiger partial charge >= 0.3 is 0 Å². The molecule has 0 saturated heterocycles. The molecule has 1 saturated carbocycles. The molecule has 2 amide bonds. The molecule has 1 unspecified atom stereocenters. The van der Waals surface area contributed by atoms with E-state index in [4.69, 9.17) is 0 Å². The summed E-state index contributed by atoms with van der Waals surface area (Å²) in [5, 5.41) is 3.13. The fourth-order valence-corrected chi connectivity index (χ4v) is 6.96. The van der Waals surface area contributed by atoms with E-state index in [9.17, 15) is 22.4 Å². The number of rotatable bonds is 12. The Hall–Kier alpha value is -3.72. The number of anilines is 1. The maximum atomic E-state index is 14.2. The standard InChI is InChI=1S/C34H42FN3O4S/c1-4-32(34(40)36-29-11-7-5-8-12-29)37(23-26-15-19-28(35)20-16-26)33(39)24-38(30-21-17-27(18-22-30)25(2)3)43(41,42)31-13-9-6-10-14-31/h6,9-10,13-22,25,29,32H,4-5,7-8,11-12,23-24H2,1-3H3,(H,36,40). The van der Waals surface area contributed by atoms with Crippen LogP contribution in [-0.4, -0.2) is 43.8 Å². The van der Waals surface area contributed by atoms with Gasteiger partial charge in [0.2, 0.25) is 11.8 Å². The molecule has 3 aromatic carbocycles. The minimum atomic E-state index is -4.13. The van der Waals surface area contributed by atoms with Crippen LogP contribution in [0.4, 0.5) is 10.1 Å². The molecule has 3 aromatic rings. The van der Waals surface area contributed by atoms with Crippen molar-refractivity contribution in [3.05, 3.63) is 95.8 Å². The highest BCUT2D eigenvalue weighted by Crippen LogP contribution is 2.27. The van der Waals surface area contributed by atoms with Gasteiger partial charge in [0.05, 0.1) is 10.6 Å². The van der Waals surface area contributed by atoms with Crippen molar-refractivity contribution in [3.63, 3.8) is 0 Å². The Morgan fingerprint density at radius 2 is 1.53 bits per heavy atom. The summed E-state index contributed by atoms with van der Waals surface area (Å²) in [7, 11) is -4.13. The number of carbonyl (C=O) groups is 2. The van der Waals surface area contributed by atoms with Gasteiger partial charge in [-0.3, -0.25) is 13.9 Å². The molecule has 0 aromatic heterocycles. The molecule has 0 radical (unpaired) electrons. The highest BCUT2D eigenvalue weighted by atomic mass is 32.2. The van der Waals surface area contributed by atoms with E-state index in [0.29, 0.717) is 17.7 Å². The van der Waals surface area contributed by atoms with E-state index in [2.05, 4.69) is 5.32 Å². The molecular weight excluding hydrogens is 565 g/mol. The third-order valence-electron chi connectivity index (χ3n) is 8.06. The van der Waals surface area contributed by atoms with Gasteiger partial charge in [-0.15, -0.1) is 0 Å². The van der Waals surface area contributed by atoms with E-state index in [1.807, 2.05) is 32.9 Å². The van der Waals surface area contributed by atoms with Gasteiger partial charge in [-0.1, -0.05) is 82.5 Å². The Balaban J connectivity index is 1.70. The normalized spacial score (nSPS) is 14.7. The second kappa shape index (κ2) is 14.6. The Bertz CT molecular complexity index is 1460. The van der Waals surface area contributed by atoms with Gasteiger partial charge in [-0.25, -0.2) is 12.8 Å². The number of halogens is 1. The average molecular weight is 608 g/mol. The molecule has 1 aliphatic rings. The number of amides is 2. The van der Waals surface area contributed by atoms with Gasteiger partial charge in [-0.2, -0.15) is 0 Å². The number of hydrogen-bond donors (Lipinski definition) is 1. The van der Waals surface area contributed by atoms with Gasteiger partial charge in [0, 0.05) is 12.6 Å². The van der Waals surface area contributed by atoms with Crippen molar-refractivity contribution >= 4 is 27.5 Å². The number of hydrogen-bond acceptors (Lipinski definition) is 4. The van der Waals surface area contributed by atoms with Gasteiger partial charge in [0.25, 0.3) is 10.0 Å². The van der Waals surface area contributed by atoms with Crippen molar-refractivity contribution in [2.24, 2.45) is 0 Å². The zero-order valence-electron chi connectivity index (χ0n) is 25.2. The van der Waals surface area contributed by atoms with Crippen LogP contribution in [-0.2, 0) is 26.2 Å². The van der Waals surface area contributed by atoms with Crippen molar-refractivity contribution in [2.75, 3.05) is 10.8 Å². The third kappa shape index (κ3) is 8.22. The molecule has 7 nitrogen and oxygen atoms in total. The number of nitrogens with zero attached hydrogens (tertiary/aromatic N) is 2. The first-order chi connectivity index (χ1) is 20.6. The van der Waals surface area contributed by atoms with Crippen molar-refractivity contribution in [2.45, 2.75) is 88.7 Å². The first-order valence-corrected chi connectivity index (χ1v) is 16.6. The predicted octanol–water partition coefficient (Wildman–Crippen LogP) is 6.40. The number of benzene rings is 3. The second-order valence-electron chi connectivity index (χ2n) is 11.5. The average Bonchev–Trinajstić information content (AvgIpc) is 3.01. The van der Waals surface area contributed by atoms with Crippen LogP contribution in [0, 0.1) is 5.82 Å². The molecule has 0 heterocycles. The van der Waals surface area contributed by atoms with Crippen LogP contribution in [0.1, 0.15) is 76.3 Å². The van der Waals surface area contributed by atoms with E-state index in [1.54, 1.807) is 42.5 Å². The van der Waals surface area contributed by atoms with Crippen LogP contribution >= 0.6 is 0 Å². The first kappa shape index (κ1) is 32.2. The highest BCUT2D eigenvalue weighted by molar-refractivity contribution is 7.92. The fourth-order valence-electron chi connectivity index (χ4n) is 5.52. The maximum absolute atomic E-state index is 14.2. The lowest BCUT2D eigenvalue weighted by atomic mass is 9.95. The summed E-state index contributed by atoms with van der Waals surface area (Å²) in [6.07, 6.45) is 5.35. The van der Waals surface area contributed by atoms with E-state index >= 15 is 0 Å². The number of sulfonamides is 1. The Morgan fingerprint density at radius 3 is 2.12 bits per heavy atom. The van der Waals surface area contributed by atoms with Crippen molar-refractivity contribution in [1.29, 1.82) is 0 Å². The number of carbonyl (C=O) groups excluding carboxylic acids is 2. The lowest BCUT2D eigenvalue weighted by Crippen LogP contribution is -2.54. The largest absolute Gasteiger partial charge is 0.352 e. The molecule has 0 aliphatic heterocycles. The molecule has 43 heavy (non-hydrogen) atoms. The Morgan fingerprint density at radius 1 is 0.907 bits per heavy atom. The van der Waals surface area contributed by atoms with Gasteiger partial charge < -0.3 is 10.2 Å². The summed E-state index contributed by atoms with van der Waals surface area (Å²) < 4.78 is 42.8. The molecular formula is C34H42FN3O4S. The quantitative estimate of drug-likeness (QED) is 0.258. The van der Waals surface area contributed by atoms with Crippen LogP contribution < -0.4 is 9.62 Å². The molecule has 1 atom stereocenters. The topological polar surface area (TPSA) is 86.8 Å². The summed E-state index contributed by atoms with van der Waals surface area (Å²) >= 11 is 0. The summed E-state index contributed by atoms with van der Waals surface area (Å²) in [6, 6.07) is 20.1. The number of nitrogens with one attached hydrogen (secondary N) is 1. The monoisotopic (exact) mass is 607 g/mol. The minimum Gasteiger partial charge on any atom is -0.352 e. The van der Waals surface area contributed by atoms with Crippen molar-refractivity contribution < 1.29 is 22.4 Å². The molecule has 1 N–H and O–H groups in total. The van der Waals surface area contributed by atoms with Crippen LogP contribution in [0.15, 0.2) is 83.8 Å². The maximum Gasteiger partial charge on any atom is 0.264 e. The summed E-state index contributed by atoms with van der Waals surface area (Å²) in [4.78, 5) is 29.3. The van der Waals surface area contributed by atoms with E-state index < -0.39 is 34.3 Å². The fraction of sp³-hybridized carbons (Fsp3) is 0.412. The SMILES string of the molecule is CCC(C(=O)NC1CCCCC1)N(Cc1ccc(F)cc1)C(=O)CN(c1ccc(C(C)C)cc1)S(=O)(=O)c1ccccc1. The van der Waals surface area contributed by atoms with Crippen molar-refractivity contribution in [3.8, 4) is 0 Å². The smallest absolute Gasteiger partial charge is 0.264 e. The first-order valence-electron chi connectivity index (χ1n) is 15.1. The van der Waals surface area contributed by atoms with Crippen LogP contribution in [0.2, 0.25) is 0 Å². The Labute approximate surface area is 255 Å². The lowest BCUT2D eigenvalue weighted by molar-refractivity contribution is -0.140. The predicted molar refractivity (Wildman–Crippen MR) is 168 cm³/mol. The molecule has 230 valence electrons. The highest BCUT2D eigenvalue weighted by Gasteiger charge is 2.34. The zero-order valence-corrected chi connectivity index (χ0v) is 26.0. The lowest BCUT2D eigenvalue weighted by Gasteiger charge is -2.34. The molecule has 9 heteroatoms. The van der Waals surface area contributed by atoms with E-state index in [0.717, 1.165) is 42.0 Å². The zero-order chi connectivity index (χ0) is 31.0. The Kier molecular flexibility index (Phi) is 11.0. The molecule has 1 aliphatic carbocycles. The van der Waals surface area contributed by atoms with Gasteiger partial charge in [0.1, 0.15) is 18.4 Å².